The number of alkyl halides is 1. The number of carbonyl (C=O) groups is 1. The van der Waals surface area contributed by atoms with E-state index in [-0.39, 0.29) is 5.78 Å². The highest BCUT2D eigenvalue weighted by atomic mass is 79.9. The van der Waals surface area contributed by atoms with Crippen LogP contribution in [-0.2, 0) is 0 Å². The quantitative estimate of drug-likeness (QED) is 0.630. The minimum atomic E-state index is 0.0284. The number of ether oxygens (including phenoxy) is 1. The van der Waals surface area contributed by atoms with E-state index in [1.54, 1.807) is 13.2 Å². The molecule has 0 aliphatic carbocycles. The molecule has 0 saturated carbocycles. The van der Waals surface area contributed by atoms with E-state index in [4.69, 9.17) is 4.74 Å². The van der Waals surface area contributed by atoms with Gasteiger partial charge in [-0.05, 0) is 24.6 Å². The van der Waals surface area contributed by atoms with Crippen molar-refractivity contribution in [1.82, 2.24) is 0 Å². The van der Waals surface area contributed by atoms with Crippen molar-refractivity contribution in [3.63, 3.8) is 0 Å². The largest absolute Gasteiger partial charge is 0.496 e. The van der Waals surface area contributed by atoms with Crippen LogP contribution in [0.2, 0.25) is 0 Å². The van der Waals surface area contributed by atoms with Crippen LogP contribution < -0.4 is 4.74 Å². The Bertz CT molecular complexity index is 361. The Morgan fingerprint density at radius 2 is 2.14 bits per heavy atom. The summed E-state index contributed by atoms with van der Waals surface area (Å²) >= 11 is 6.54. The van der Waals surface area contributed by atoms with Crippen molar-refractivity contribution < 1.29 is 9.53 Å². The molecule has 0 radical (unpaired) electrons. The zero-order valence-electron chi connectivity index (χ0n) is 7.93. The molecule has 0 heterocycles. The van der Waals surface area contributed by atoms with Gasteiger partial charge in [0, 0.05) is 4.47 Å². The van der Waals surface area contributed by atoms with Gasteiger partial charge in [-0.3, -0.25) is 4.79 Å². The smallest absolute Gasteiger partial charge is 0.177 e. The monoisotopic (exact) mass is 320 g/mol. The van der Waals surface area contributed by atoms with Gasteiger partial charge in [0.1, 0.15) is 5.75 Å². The number of carbonyl (C=O) groups excluding carboxylic acids is 1. The van der Waals surface area contributed by atoms with E-state index in [9.17, 15) is 4.79 Å². The maximum absolute atomic E-state index is 11.6. The first kappa shape index (κ1) is 11.7. The molecule has 76 valence electrons. The van der Waals surface area contributed by atoms with Crippen molar-refractivity contribution in [3.8, 4) is 5.75 Å². The van der Waals surface area contributed by atoms with Crippen LogP contribution >= 0.6 is 31.9 Å². The molecule has 0 aliphatic rings. The fourth-order valence-electron chi connectivity index (χ4n) is 1.24. The Morgan fingerprint density at radius 1 is 1.50 bits per heavy atom. The molecule has 0 saturated heterocycles. The van der Waals surface area contributed by atoms with E-state index in [2.05, 4.69) is 31.9 Å². The second kappa shape index (κ2) is 4.94. The Morgan fingerprint density at radius 3 is 2.64 bits per heavy atom. The Kier molecular flexibility index (Phi) is 4.13. The summed E-state index contributed by atoms with van der Waals surface area (Å²) in [6.45, 7) is 1.89. The number of benzene rings is 1. The average Bonchev–Trinajstić information content (AvgIpc) is 2.20. The van der Waals surface area contributed by atoms with E-state index in [0.717, 1.165) is 10.0 Å². The fourth-order valence-corrected chi connectivity index (χ4v) is 1.86. The van der Waals surface area contributed by atoms with Gasteiger partial charge in [0.15, 0.2) is 5.78 Å². The number of halogens is 2. The van der Waals surface area contributed by atoms with Gasteiger partial charge in [-0.25, -0.2) is 0 Å². The average molecular weight is 322 g/mol. The molecule has 1 rings (SSSR count). The van der Waals surface area contributed by atoms with Crippen LogP contribution in [0.4, 0.5) is 0 Å². The number of ketones is 1. The molecule has 1 aromatic rings. The van der Waals surface area contributed by atoms with Gasteiger partial charge in [0.2, 0.25) is 0 Å². The second-order valence-electron chi connectivity index (χ2n) is 2.81. The van der Waals surface area contributed by atoms with Crippen LogP contribution in [0.5, 0.6) is 5.75 Å². The van der Waals surface area contributed by atoms with Crippen molar-refractivity contribution >= 4 is 37.6 Å². The van der Waals surface area contributed by atoms with Gasteiger partial charge in [0.05, 0.1) is 18.0 Å². The van der Waals surface area contributed by atoms with Crippen molar-refractivity contribution in [1.29, 1.82) is 0 Å². The molecule has 0 fully saturated rings. The summed E-state index contributed by atoms with van der Waals surface area (Å²) in [5.41, 5.74) is 1.55. The van der Waals surface area contributed by atoms with E-state index < -0.39 is 0 Å². The lowest BCUT2D eigenvalue weighted by atomic mass is 10.0. The third-order valence-electron chi connectivity index (χ3n) is 1.98. The predicted octanol–water partition coefficient (Wildman–Crippen LogP) is 3.34. The summed E-state index contributed by atoms with van der Waals surface area (Å²) < 4.78 is 6.06. The van der Waals surface area contributed by atoms with Gasteiger partial charge >= 0.3 is 0 Å². The van der Waals surface area contributed by atoms with Gasteiger partial charge < -0.3 is 4.74 Å². The summed E-state index contributed by atoms with van der Waals surface area (Å²) in [7, 11) is 1.56. The maximum Gasteiger partial charge on any atom is 0.177 e. The lowest BCUT2D eigenvalue weighted by molar-refractivity contribution is 0.102. The number of hydrogen-bond acceptors (Lipinski definition) is 2. The molecule has 0 atom stereocenters. The van der Waals surface area contributed by atoms with E-state index in [1.165, 1.54) is 0 Å². The van der Waals surface area contributed by atoms with Crippen molar-refractivity contribution in [2.45, 2.75) is 6.92 Å². The molecule has 0 aliphatic heterocycles. The highest BCUT2D eigenvalue weighted by Crippen LogP contribution is 2.28. The van der Waals surface area contributed by atoms with Crippen LogP contribution in [0.15, 0.2) is 16.6 Å². The maximum atomic E-state index is 11.6. The zero-order valence-corrected chi connectivity index (χ0v) is 11.1. The van der Waals surface area contributed by atoms with Crippen molar-refractivity contribution in [2.75, 3.05) is 12.4 Å². The van der Waals surface area contributed by atoms with E-state index in [1.807, 2.05) is 13.0 Å². The number of rotatable bonds is 3. The minimum Gasteiger partial charge on any atom is -0.496 e. The van der Waals surface area contributed by atoms with Crippen LogP contribution in [0.25, 0.3) is 0 Å². The summed E-state index contributed by atoms with van der Waals surface area (Å²) in [4.78, 5) is 11.6. The minimum absolute atomic E-state index is 0.0284. The Hall–Kier alpha value is -0.350. The van der Waals surface area contributed by atoms with Crippen LogP contribution in [0, 0.1) is 6.92 Å². The summed E-state index contributed by atoms with van der Waals surface area (Å²) in [6, 6.07) is 3.66. The molecule has 1 aromatic carbocycles. The molecule has 0 N–H and O–H groups in total. The standard InChI is InChI=1S/C10H10Br2O2/c1-6-7(12)3-4-9(14-2)10(6)8(13)5-11/h3-4H,5H2,1-2H3. The molecule has 0 unspecified atom stereocenters. The summed E-state index contributed by atoms with van der Waals surface area (Å²) in [6.07, 6.45) is 0. The first-order chi connectivity index (χ1) is 6.61. The molecule has 4 heteroatoms. The second-order valence-corrected chi connectivity index (χ2v) is 4.22. The van der Waals surface area contributed by atoms with Crippen LogP contribution in [-0.4, -0.2) is 18.2 Å². The molecule has 14 heavy (non-hydrogen) atoms. The lowest BCUT2D eigenvalue weighted by Crippen LogP contribution is -2.06. The lowest BCUT2D eigenvalue weighted by Gasteiger charge is -2.10. The van der Waals surface area contributed by atoms with E-state index >= 15 is 0 Å². The molecular formula is C10H10Br2O2. The third kappa shape index (κ3) is 2.17. The van der Waals surface area contributed by atoms with E-state index in [0.29, 0.717) is 16.6 Å². The van der Waals surface area contributed by atoms with Crippen LogP contribution in [0.3, 0.4) is 0 Å². The first-order valence-electron chi connectivity index (χ1n) is 4.04. The number of methoxy groups -OCH3 is 1. The van der Waals surface area contributed by atoms with Gasteiger partial charge in [-0.15, -0.1) is 0 Å². The molecule has 0 amide bonds. The highest BCUT2D eigenvalue weighted by molar-refractivity contribution is 9.10. The van der Waals surface area contributed by atoms with Gasteiger partial charge in [-0.2, -0.15) is 0 Å². The summed E-state index contributed by atoms with van der Waals surface area (Å²) in [5.74, 6) is 0.649. The molecule has 0 spiro atoms. The Labute approximate surface area is 99.9 Å². The van der Waals surface area contributed by atoms with Crippen molar-refractivity contribution in [3.05, 3.63) is 27.7 Å². The fraction of sp³-hybridized carbons (Fsp3) is 0.300. The zero-order chi connectivity index (χ0) is 10.7. The normalized spacial score (nSPS) is 10.0. The number of Topliss-reactive ketones (excluding diaryl/α,β-unsaturated/α-hetero) is 1. The third-order valence-corrected chi connectivity index (χ3v) is 3.35. The first-order valence-corrected chi connectivity index (χ1v) is 5.95. The molecule has 2 nitrogen and oxygen atoms in total. The highest BCUT2D eigenvalue weighted by Gasteiger charge is 2.15. The SMILES string of the molecule is COc1ccc(Br)c(C)c1C(=O)CBr. The number of hydrogen-bond donors (Lipinski definition) is 0. The molecular weight excluding hydrogens is 312 g/mol. The van der Waals surface area contributed by atoms with Crippen molar-refractivity contribution in [2.24, 2.45) is 0 Å². The molecule has 0 aromatic heterocycles. The van der Waals surface area contributed by atoms with Gasteiger partial charge in [-0.1, -0.05) is 31.9 Å². The summed E-state index contributed by atoms with van der Waals surface area (Å²) in [5, 5.41) is 0.306. The van der Waals surface area contributed by atoms with Crippen LogP contribution in [0.1, 0.15) is 15.9 Å². The topological polar surface area (TPSA) is 26.3 Å². The predicted molar refractivity (Wildman–Crippen MR) is 63.6 cm³/mol. The Balaban J connectivity index is 3.35. The molecule has 0 bridgehead atoms. The van der Waals surface area contributed by atoms with Gasteiger partial charge in [0.25, 0.3) is 0 Å².